The summed E-state index contributed by atoms with van der Waals surface area (Å²) in [6.07, 6.45) is 0.00310. The predicted molar refractivity (Wildman–Crippen MR) is 132 cm³/mol. The minimum atomic E-state index is -0.667. The summed E-state index contributed by atoms with van der Waals surface area (Å²) < 4.78 is 5.16. The highest BCUT2D eigenvalue weighted by molar-refractivity contribution is 7.80. The van der Waals surface area contributed by atoms with Crippen molar-refractivity contribution in [1.82, 2.24) is 9.80 Å². The zero-order chi connectivity index (χ0) is 23.2. The summed E-state index contributed by atoms with van der Waals surface area (Å²) in [6, 6.07) is 25.9. The second-order valence-electron chi connectivity index (χ2n) is 7.80. The van der Waals surface area contributed by atoms with Crippen LogP contribution in [0.1, 0.15) is 17.5 Å². The molecule has 3 aromatic rings. The smallest absolute Gasteiger partial charge is 0.252 e. The van der Waals surface area contributed by atoms with Gasteiger partial charge in [0.15, 0.2) is 5.11 Å². The number of hydrogen-bond donors (Lipinski definition) is 1. The molecule has 6 nitrogen and oxygen atoms in total. The second-order valence-corrected chi connectivity index (χ2v) is 8.17. The van der Waals surface area contributed by atoms with Gasteiger partial charge in [0.25, 0.3) is 5.91 Å². The summed E-state index contributed by atoms with van der Waals surface area (Å²) in [5.41, 5.74) is 2.65. The van der Waals surface area contributed by atoms with Crippen molar-refractivity contribution in [2.75, 3.05) is 12.4 Å². The Bertz CT molecular complexity index is 1120. The van der Waals surface area contributed by atoms with Crippen molar-refractivity contribution in [1.29, 1.82) is 0 Å². The van der Waals surface area contributed by atoms with E-state index in [-0.39, 0.29) is 18.2 Å². The van der Waals surface area contributed by atoms with Crippen molar-refractivity contribution in [2.24, 2.45) is 0 Å². The van der Waals surface area contributed by atoms with Gasteiger partial charge < -0.3 is 15.0 Å². The monoisotopic (exact) mass is 459 g/mol. The number of amides is 2. The van der Waals surface area contributed by atoms with Crippen LogP contribution < -0.4 is 10.1 Å². The Balaban J connectivity index is 1.53. The van der Waals surface area contributed by atoms with Gasteiger partial charge in [0, 0.05) is 12.2 Å². The number of carbonyl (C=O) groups excluding carboxylic acids is 2. The van der Waals surface area contributed by atoms with E-state index >= 15 is 0 Å². The van der Waals surface area contributed by atoms with Gasteiger partial charge in [-0.1, -0.05) is 60.7 Å². The molecular weight excluding hydrogens is 434 g/mol. The first-order chi connectivity index (χ1) is 16.0. The van der Waals surface area contributed by atoms with Crippen LogP contribution in [0.4, 0.5) is 5.69 Å². The molecule has 33 heavy (non-hydrogen) atoms. The molecule has 1 heterocycles. The van der Waals surface area contributed by atoms with Crippen LogP contribution in [0.2, 0.25) is 0 Å². The van der Waals surface area contributed by atoms with Gasteiger partial charge in [-0.2, -0.15) is 0 Å². The number of anilines is 1. The van der Waals surface area contributed by atoms with Crippen LogP contribution in [0.5, 0.6) is 5.75 Å². The van der Waals surface area contributed by atoms with Gasteiger partial charge in [0.2, 0.25) is 5.91 Å². The summed E-state index contributed by atoms with van der Waals surface area (Å²) in [7, 11) is 1.59. The van der Waals surface area contributed by atoms with Gasteiger partial charge in [-0.25, -0.2) is 0 Å². The first-order valence-corrected chi connectivity index (χ1v) is 11.1. The van der Waals surface area contributed by atoms with Crippen LogP contribution in [0.15, 0.2) is 84.9 Å². The highest BCUT2D eigenvalue weighted by atomic mass is 32.1. The third-order valence-electron chi connectivity index (χ3n) is 5.54. The summed E-state index contributed by atoms with van der Waals surface area (Å²) in [6.45, 7) is 0.831. The zero-order valence-electron chi connectivity index (χ0n) is 18.3. The maximum Gasteiger partial charge on any atom is 0.252 e. The molecule has 7 heteroatoms. The van der Waals surface area contributed by atoms with E-state index < -0.39 is 6.04 Å². The fourth-order valence-electron chi connectivity index (χ4n) is 3.82. The zero-order valence-corrected chi connectivity index (χ0v) is 19.1. The number of rotatable bonds is 8. The van der Waals surface area contributed by atoms with E-state index in [9.17, 15) is 9.59 Å². The Kier molecular flexibility index (Phi) is 7.00. The van der Waals surface area contributed by atoms with Crippen LogP contribution in [0.25, 0.3) is 0 Å². The molecule has 0 aliphatic carbocycles. The molecule has 4 rings (SSSR count). The molecule has 0 spiro atoms. The predicted octanol–water partition coefficient (Wildman–Crippen LogP) is 4.22. The molecule has 1 unspecified atom stereocenters. The number of thiocarbonyl (C=S) groups is 1. The van der Waals surface area contributed by atoms with Crippen molar-refractivity contribution in [3.63, 3.8) is 0 Å². The number of hydrogen-bond acceptors (Lipinski definition) is 4. The third kappa shape index (κ3) is 5.38. The minimum Gasteiger partial charge on any atom is -0.497 e. The number of benzene rings is 3. The highest BCUT2D eigenvalue weighted by Crippen LogP contribution is 2.26. The topological polar surface area (TPSA) is 61.9 Å². The highest BCUT2D eigenvalue weighted by Gasteiger charge is 2.43. The van der Waals surface area contributed by atoms with Gasteiger partial charge in [0.05, 0.1) is 20.1 Å². The molecule has 168 valence electrons. The number of nitrogens with one attached hydrogen (secondary N) is 1. The van der Waals surface area contributed by atoms with Gasteiger partial charge in [-0.05, 0) is 47.6 Å². The van der Waals surface area contributed by atoms with Crippen LogP contribution in [-0.4, -0.2) is 39.9 Å². The van der Waals surface area contributed by atoms with Crippen molar-refractivity contribution in [3.05, 3.63) is 96.1 Å². The van der Waals surface area contributed by atoms with E-state index in [1.807, 2.05) is 65.6 Å². The van der Waals surface area contributed by atoms with Crippen LogP contribution in [0.3, 0.4) is 0 Å². The number of ether oxygens (including phenoxy) is 1. The molecule has 0 saturated carbocycles. The Hall–Kier alpha value is -3.71. The average Bonchev–Trinajstić information content (AvgIpc) is 3.05. The average molecular weight is 460 g/mol. The molecule has 1 atom stereocenters. The van der Waals surface area contributed by atoms with Crippen molar-refractivity contribution in [3.8, 4) is 5.75 Å². The van der Waals surface area contributed by atoms with Gasteiger partial charge >= 0.3 is 0 Å². The normalized spacial score (nSPS) is 15.6. The van der Waals surface area contributed by atoms with Crippen LogP contribution in [-0.2, 0) is 22.7 Å². The standard InChI is InChI=1S/C26H25N3O3S/c1-32-22-14-12-21(13-15-22)27-24(30)16-23-25(31)29(18-20-10-6-3-7-11-20)26(33)28(23)17-19-8-4-2-5-9-19/h2-15,23H,16-18H2,1H3,(H,27,30). The molecule has 1 N–H and O–H groups in total. The number of nitrogens with zero attached hydrogens (tertiary/aromatic N) is 2. The van der Waals surface area contributed by atoms with Crippen molar-refractivity contribution >= 4 is 34.8 Å². The van der Waals surface area contributed by atoms with Crippen LogP contribution in [0, 0.1) is 0 Å². The lowest BCUT2D eigenvalue weighted by Gasteiger charge is -2.24. The fourth-order valence-corrected chi connectivity index (χ4v) is 4.17. The number of methoxy groups -OCH3 is 1. The Morgan fingerprint density at radius 3 is 2.06 bits per heavy atom. The van der Waals surface area contributed by atoms with E-state index in [1.54, 1.807) is 36.3 Å². The van der Waals surface area contributed by atoms with E-state index in [2.05, 4.69) is 5.32 Å². The maximum atomic E-state index is 13.4. The lowest BCUT2D eigenvalue weighted by molar-refractivity contribution is -0.131. The van der Waals surface area contributed by atoms with E-state index in [4.69, 9.17) is 17.0 Å². The Morgan fingerprint density at radius 1 is 0.909 bits per heavy atom. The first-order valence-electron chi connectivity index (χ1n) is 10.7. The van der Waals surface area contributed by atoms with E-state index in [0.717, 1.165) is 11.1 Å². The summed E-state index contributed by atoms with van der Waals surface area (Å²) in [4.78, 5) is 29.7. The van der Waals surface area contributed by atoms with Crippen molar-refractivity contribution < 1.29 is 14.3 Å². The molecule has 2 amide bonds. The first kappa shape index (κ1) is 22.5. The largest absolute Gasteiger partial charge is 0.497 e. The molecular formula is C26H25N3O3S. The van der Waals surface area contributed by atoms with Gasteiger partial charge in [-0.3, -0.25) is 14.5 Å². The molecule has 1 aliphatic heterocycles. The summed E-state index contributed by atoms with van der Waals surface area (Å²) >= 11 is 5.71. The minimum absolute atomic E-state index is 0.00310. The molecule has 0 aromatic heterocycles. The summed E-state index contributed by atoms with van der Waals surface area (Å²) in [5, 5.41) is 3.31. The quantitative estimate of drug-likeness (QED) is 0.511. The molecule has 0 radical (unpaired) electrons. The van der Waals surface area contributed by atoms with Gasteiger partial charge in [0.1, 0.15) is 11.8 Å². The molecule has 1 saturated heterocycles. The van der Waals surface area contributed by atoms with Crippen molar-refractivity contribution in [2.45, 2.75) is 25.6 Å². The SMILES string of the molecule is COc1ccc(NC(=O)CC2C(=O)N(Cc3ccccc3)C(=S)N2Cc2ccccc2)cc1. The third-order valence-corrected chi connectivity index (χ3v) is 5.99. The molecule has 1 aliphatic rings. The van der Waals surface area contributed by atoms with Crippen LogP contribution >= 0.6 is 12.2 Å². The van der Waals surface area contributed by atoms with Gasteiger partial charge in [-0.15, -0.1) is 0 Å². The maximum absolute atomic E-state index is 13.4. The lowest BCUT2D eigenvalue weighted by Crippen LogP contribution is -2.37. The Labute approximate surface area is 198 Å². The summed E-state index contributed by atoms with van der Waals surface area (Å²) in [5.74, 6) is 0.292. The Morgan fingerprint density at radius 2 is 1.48 bits per heavy atom. The molecule has 3 aromatic carbocycles. The molecule has 0 bridgehead atoms. The van der Waals surface area contributed by atoms with E-state index in [0.29, 0.717) is 29.6 Å². The fraction of sp³-hybridized carbons (Fsp3) is 0.192. The van der Waals surface area contributed by atoms with E-state index in [1.165, 1.54) is 0 Å². The molecule has 1 fully saturated rings. The lowest BCUT2D eigenvalue weighted by atomic mass is 10.1. The number of carbonyl (C=O) groups is 2. The second kappa shape index (κ2) is 10.3.